The van der Waals surface area contributed by atoms with Gasteiger partial charge in [-0.25, -0.2) is 0 Å². The number of fused-ring (bicyclic) bond motifs is 1. The van der Waals surface area contributed by atoms with E-state index < -0.39 is 0 Å². The minimum Gasteiger partial charge on any atom is -0.337 e. The van der Waals surface area contributed by atoms with Gasteiger partial charge in [-0.15, -0.1) is 0 Å². The lowest BCUT2D eigenvalue weighted by Crippen LogP contribution is -2.31. The molecule has 0 saturated carbocycles. The molecular formula is C24H21N3O3. The molecular weight excluding hydrogens is 378 g/mol. The highest BCUT2D eigenvalue weighted by molar-refractivity contribution is 6.22. The van der Waals surface area contributed by atoms with Gasteiger partial charge in [0.15, 0.2) is 0 Å². The lowest BCUT2D eigenvalue weighted by Gasteiger charge is -2.17. The zero-order valence-corrected chi connectivity index (χ0v) is 16.6. The zero-order chi connectivity index (χ0) is 21.1. The number of carbonyl (C=O) groups excluding carboxylic acids is 3. The monoisotopic (exact) mass is 399 g/mol. The van der Waals surface area contributed by atoms with Crippen molar-refractivity contribution in [3.8, 4) is 0 Å². The summed E-state index contributed by atoms with van der Waals surface area (Å²) in [5.74, 6) is -0.881. The third kappa shape index (κ3) is 3.85. The molecule has 0 atom stereocenters. The van der Waals surface area contributed by atoms with Gasteiger partial charge in [-0.05, 0) is 41.8 Å². The minimum absolute atomic E-state index is 0.218. The van der Waals surface area contributed by atoms with E-state index in [0.29, 0.717) is 30.6 Å². The van der Waals surface area contributed by atoms with Crippen molar-refractivity contribution in [1.29, 1.82) is 0 Å². The summed E-state index contributed by atoms with van der Waals surface area (Å²) < 4.78 is 0. The zero-order valence-electron chi connectivity index (χ0n) is 16.6. The number of amides is 3. The molecule has 1 aliphatic rings. The van der Waals surface area contributed by atoms with Gasteiger partial charge >= 0.3 is 0 Å². The van der Waals surface area contributed by atoms with Crippen molar-refractivity contribution < 1.29 is 14.4 Å². The van der Waals surface area contributed by atoms with Gasteiger partial charge in [-0.2, -0.15) is 0 Å². The molecule has 0 bridgehead atoms. The molecule has 1 aromatic heterocycles. The van der Waals surface area contributed by atoms with Crippen LogP contribution in [0, 0.1) is 0 Å². The second-order valence-corrected chi connectivity index (χ2v) is 7.28. The van der Waals surface area contributed by atoms with Crippen molar-refractivity contribution in [1.82, 2.24) is 14.8 Å². The Morgan fingerprint density at radius 1 is 0.933 bits per heavy atom. The maximum atomic E-state index is 12.8. The highest BCUT2D eigenvalue weighted by atomic mass is 16.2. The van der Waals surface area contributed by atoms with Crippen LogP contribution in [0.4, 0.5) is 0 Å². The molecule has 4 rings (SSSR count). The molecule has 0 aliphatic carbocycles. The number of nitrogens with zero attached hydrogens (tertiary/aromatic N) is 3. The van der Waals surface area contributed by atoms with E-state index in [0.717, 1.165) is 11.1 Å². The molecule has 6 nitrogen and oxygen atoms in total. The van der Waals surface area contributed by atoms with Crippen molar-refractivity contribution in [2.45, 2.75) is 13.0 Å². The number of pyridine rings is 1. The van der Waals surface area contributed by atoms with Crippen LogP contribution in [-0.2, 0) is 13.0 Å². The molecule has 0 fully saturated rings. The van der Waals surface area contributed by atoms with Crippen molar-refractivity contribution in [2.75, 3.05) is 13.6 Å². The van der Waals surface area contributed by atoms with E-state index in [1.54, 1.807) is 36.5 Å². The molecule has 0 spiro atoms. The van der Waals surface area contributed by atoms with Crippen LogP contribution in [-0.4, -0.2) is 46.1 Å². The second-order valence-electron chi connectivity index (χ2n) is 7.28. The summed E-state index contributed by atoms with van der Waals surface area (Å²) in [5.41, 5.74) is 2.98. The number of aromatic nitrogens is 1. The number of imide groups is 1. The Labute approximate surface area is 174 Å². The summed E-state index contributed by atoms with van der Waals surface area (Å²) in [7, 11) is 1.70. The molecule has 30 heavy (non-hydrogen) atoms. The first-order valence-electron chi connectivity index (χ1n) is 9.73. The van der Waals surface area contributed by atoms with Gasteiger partial charge in [0.2, 0.25) is 0 Å². The summed E-state index contributed by atoms with van der Waals surface area (Å²) in [6.07, 6.45) is 3.98. The van der Waals surface area contributed by atoms with Gasteiger partial charge in [0, 0.05) is 38.1 Å². The average Bonchev–Trinajstić information content (AvgIpc) is 3.02. The number of hydrogen-bond acceptors (Lipinski definition) is 4. The van der Waals surface area contributed by atoms with E-state index in [9.17, 15) is 14.4 Å². The Bertz CT molecular complexity index is 1100. The van der Waals surface area contributed by atoms with Crippen LogP contribution < -0.4 is 0 Å². The van der Waals surface area contributed by atoms with Gasteiger partial charge in [-0.3, -0.25) is 24.3 Å². The van der Waals surface area contributed by atoms with Crippen LogP contribution >= 0.6 is 0 Å². The Hall–Kier alpha value is -3.80. The number of carbonyl (C=O) groups is 3. The van der Waals surface area contributed by atoms with Crippen molar-refractivity contribution >= 4 is 17.7 Å². The maximum absolute atomic E-state index is 12.8. The van der Waals surface area contributed by atoms with E-state index in [4.69, 9.17) is 0 Å². The van der Waals surface area contributed by atoms with Crippen LogP contribution in [0.5, 0.6) is 0 Å². The van der Waals surface area contributed by atoms with E-state index in [2.05, 4.69) is 4.98 Å². The smallest absolute Gasteiger partial charge is 0.261 e. The fourth-order valence-corrected chi connectivity index (χ4v) is 3.57. The standard InChI is InChI=1S/C24H21N3O3/c1-26(16-18-8-5-12-25-15-18)22(28)19-9-10-20-21(14-19)24(30)27(23(20)29)13-11-17-6-3-2-4-7-17/h2-10,12,14-15H,11,13,16H2,1H3. The molecule has 0 N–H and O–H groups in total. The SMILES string of the molecule is CN(Cc1cccnc1)C(=O)c1ccc2c(c1)C(=O)N(CCc1ccccc1)C2=O. The van der Waals surface area contributed by atoms with E-state index in [-0.39, 0.29) is 23.3 Å². The van der Waals surface area contributed by atoms with Gasteiger partial charge in [-0.1, -0.05) is 36.4 Å². The van der Waals surface area contributed by atoms with Crippen LogP contribution in [0.25, 0.3) is 0 Å². The molecule has 2 heterocycles. The molecule has 3 aromatic rings. The molecule has 0 unspecified atom stereocenters. The third-order valence-corrected chi connectivity index (χ3v) is 5.17. The van der Waals surface area contributed by atoms with Crippen LogP contribution in [0.1, 0.15) is 42.2 Å². The van der Waals surface area contributed by atoms with Crippen LogP contribution in [0.15, 0.2) is 73.1 Å². The van der Waals surface area contributed by atoms with Gasteiger partial charge < -0.3 is 4.90 Å². The fourth-order valence-electron chi connectivity index (χ4n) is 3.57. The Morgan fingerprint density at radius 3 is 2.40 bits per heavy atom. The predicted molar refractivity (Wildman–Crippen MR) is 112 cm³/mol. The Balaban J connectivity index is 1.49. The summed E-state index contributed by atoms with van der Waals surface area (Å²) in [6, 6.07) is 18.1. The molecule has 2 aromatic carbocycles. The lowest BCUT2D eigenvalue weighted by atomic mass is 10.0. The number of hydrogen-bond donors (Lipinski definition) is 0. The summed E-state index contributed by atoms with van der Waals surface area (Å²) in [5, 5.41) is 0. The first kappa shape index (κ1) is 19.5. The predicted octanol–water partition coefficient (Wildman–Crippen LogP) is 3.19. The summed E-state index contributed by atoms with van der Waals surface area (Å²) in [4.78, 5) is 45.2. The van der Waals surface area contributed by atoms with Gasteiger partial charge in [0.1, 0.15) is 0 Å². The van der Waals surface area contributed by atoms with Crippen molar-refractivity contribution in [3.63, 3.8) is 0 Å². The molecule has 6 heteroatoms. The molecule has 150 valence electrons. The first-order chi connectivity index (χ1) is 14.5. The fraction of sp³-hybridized carbons (Fsp3) is 0.167. The molecule has 1 aliphatic heterocycles. The third-order valence-electron chi connectivity index (χ3n) is 5.17. The highest BCUT2D eigenvalue weighted by Crippen LogP contribution is 2.25. The Morgan fingerprint density at radius 2 is 1.67 bits per heavy atom. The van der Waals surface area contributed by atoms with E-state index in [1.807, 2.05) is 42.5 Å². The quantitative estimate of drug-likeness (QED) is 0.597. The topological polar surface area (TPSA) is 70.6 Å². The average molecular weight is 399 g/mol. The maximum Gasteiger partial charge on any atom is 0.261 e. The second kappa shape index (κ2) is 8.29. The van der Waals surface area contributed by atoms with Crippen molar-refractivity contribution in [2.24, 2.45) is 0 Å². The molecule has 0 radical (unpaired) electrons. The van der Waals surface area contributed by atoms with Gasteiger partial charge in [0.05, 0.1) is 11.1 Å². The normalized spacial score (nSPS) is 12.8. The lowest BCUT2D eigenvalue weighted by molar-refractivity contribution is 0.0655. The Kier molecular flexibility index (Phi) is 5.39. The van der Waals surface area contributed by atoms with E-state index in [1.165, 1.54) is 11.0 Å². The molecule has 3 amide bonds. The van der Waals surface area contributed by atoms with Crippen LogP contribution in [0.3, 0.4) is 0 Å². The summed E-state index contributed by atoms with van der Waals surface area (Å²) in [6.45, 7) is 0.709. The molecule has 0 saturated heterocycles. The van der Waals surface area contributed by atoms with Crippen molar-refractivity contribution in [3.05, 3.63) is 101 Å². The van der Waals surface area contributed by atoms with E-state index >= 15 is 0 Å². The highest BCUT2D eigenvalue weighted by Gasteiger charge is 2.35. The first-order valence-corrected chi connectivity index (χ1v) is 9.73. The van der Waals surface area contributed by atoms with Gasteiger partial charge in [0.25, 0.3) is 17.7 Å². The number of rotatable bonds is 6. The minimum atomic E-state index is -0.351. The summed E-state index contributed by atoms with van der Waals surface area (Å²) >= 11 is 0. The number of benzene rings is 2. The van der Waals surface area contributed by atoms with Crippen LogP contribution in [0.2, 0.25) is 0 Å². The largest absolute Gasteiger partial charge is 0.337 e.